The molecule has 1 heterocycles. The van der Waals surface area contributed by atoms with Crippen molar-refractivity contribution in [1.82, 2.24) is 10.1 Å². The van der Waals surface area contributed by atoms with Crippen LogP contribution in [0.5, 0.6) is 0 Å². The van der Waals surface area contributed by atoms with E-state index in [-0.39, 0.29) is 17.1 Å². The summed E-state index contributed by atoms with van der Waals surface area (Å²) in [5, 5.41) is 4.11. The number of hydrogen-bond acceptors (Lipinski definition) is 5. The maximum atomic E-state index is 6.36. The molecule has 1 aromatic rings. The van der Waals surface area contributed by atoms with Gasteiger partial charge >= 0.3 is 0 Å². The van der Waals surface area contributed by atoms with Crippen molar-refractivity contribution in [3.05, 3.63) is 11.7 Å². The van der Waals surface area contributed by atoms with E-state index in [0.29, 0.717) is 24.7 Å². The molecule has 1 atom stereocenters. The molecular formula is C15H27N3O2. The van der Waals surface area contributed by atoms with Crippen molar-refractivity contribution in [2.45, 2.75) is 71.4 Å². The molecule has 0 spiro atoms. The highest BCUT2D eigenvalue weighted by Gasteiger charge is 2.34. The van der Waals surface area contributed by atoms with Gasteiger partial charge in [-0.25, -0.2) is 0 Å². The maximum Gasteiger partial charge on any atom is 0.228 e. The Balaban J connectivity index is 2.10. The van der Waals surface area contributed by atoms with E-state index in [4.69, 9.17) is 15.0 Å². The molecule has 20 heavy (non-hydrogen) atoms. The summed E-state index contributed by atoms with van der Waals surface area (Å²) < 4.78 is 11.2. The highest BCUT2D eigenvalue weighted by atomic mass is 16.5. The van der Waals surface area contributed by atoms with E-state index in [1.807, 2.05) is 6.92 Å². The van der Waals surface area contributed by atoms with Gasteiger partial charge < -0.3 is 15.0 Å². The summed E-state index contributed by atoms with van der Waals surface area (Å²) >= 11 is 0. The average Bonchev–Trinajstić information content (AvgIpc) is 2.94. The van der Waals surface area contributed by atoms with E-state index < -0.39 is 0 Å². The minimum Gasteiger partial charge on any atom is -0.370 e. The Kier molecular flexibility index (Phi) is 4.49. The summed E-state index contributed by atoms with van der Waals surface area (Å²) in [4.78, 5) is 4.52. The summed E-state index contributed by atoms with van der Waals surface area (Å²) in [5.74, 6) is 1.27. The molecule has 2 N–H and O–H groups in total. The molecule has 0 aromatic carbocycles. The molecule has 1 aromatic heterocycles. The van der Waals surface area contributed by atoms with Gasteiger partial charge in [-0.3, -0.25) is 0 Å². The summed E-state index contributed by atoms with van der Waals surface area (Å²) in [6, 6.07) is 0. The van der Waals surface area contributed by atoms with Gasteiger partial charge in [0.05, 0.1) is 0 Å². The van der Waals surface area contributed by atoms with Crippen molar-refractivity contribution in [3.8, 4) is 0 Å². The van der Waals surface area contributed by atoms with E-state index in [1.54, 1.807) is 0 Å². The van der Waals surface area contributed by atoms with Crippen LogP contribution in [-0.4, -0.2) is 22.3 Å². The van der Waals surface area contributed by atoms with E-state index in [2.05, 4.69) is 30.9 Å². The summed E-state index contributed by atoms with van der Waals surface area (Å²) in [5.41, 5.74) is 6.14. The average molecular weight is 281 g/mol. The smallest absolute Gasteiger partial charge is 0.228 e. The zero-order valence-electron chi connectivity index (χ0n) is 13.1. The fourth-order valence-electron chi connectivity index (χ4n) is 2.88. The second-order valence-electron chi connectivity index (χ2n) is 6.99. The van der Waals surface area contributed by atoms with Crippen LogP contribution >= 0.6 is 0 Å². The first-order chi connectivity index (χ1) is 9.34. The van der Waals surface area contributed by atoms with Crippen LogP contribution in [0.3, 0.4) is 0 Å². The lowest BCUT2D eigenvalue weighted by Gasteiger charge is -2.27. The second kappa shape index (κ2) is 5.82. The Morgan fingerprint density at radius 3 is 2.55 bits per heavy atom. The van der Waals surface area contributed by atoms with Crippen LogP contribution in [0.4, 0.5) is 0 Å². The largest absolute Gasteiger partial charge is 0.370 e. The van der Waals surface area contributed by atoms with Crippen molar-refractivity contribution in [2.75, 3.05) is 6.61 Å². The van der Waals surface area contributed by atoms with Crippen LogP contribution in [0.25, 0.3) is 0 Å². The molecule has 5 nitrogen and oxygen atoms in total. The van der Waals surface area contributed by atoms with Crippen molar-refractivity contribution >= 4 is 0 Å². The molecule has 1 aliphatic rings. The molecule has 114 valence electrons. The Morgan fingerprint density at radius 2 is 2.00 bits per heavy atom. The molecule has 1 saturated carbocycles. The standard InChI is InChI=1S/C15H27N3O2/c1-5-19-12(14(2,3)4)13-17-11(20-18-13)10-15(16)8-6-7-9-15/h12H,5-10,16H2,1-4H3. The minimum atomic E-state index is -0.160. The SMILES string of the molecule is CCOC(c1noc(CC2(N)CCCC2)n1)C(C)(C)C. The van der Waals surface area contributed by atoms with Crippen LogP contribution in [0.15, 0.2) is 4.52 Å². The van der Waals surface area contributed by atoms with E-state index in [9.17, 15) is 0 Å². The molecule has 1 unspecified atom stereocenters. The monoisotopic (exact) mass is 281 g/mol. The third-order valence-electron chi connectivity index (χ3n) is 3.94. The Bertz CT molecular complexity index is 431. The topological polar surface area (TPSA) is 74.2 Å². The summed E-state index contributed by atoms with van der Waals surface area (Å²) in [6.45, 7) is 8.96. The van der Waals surface area contributed by atoms with Crippen molar-refractivity contribution in [1.29, 1.82) is 0 Å². The lowest BCUT2D eigenvalue weighted by Crippen LogP contribution is -2.38. The quantitative estimate of drug-likeness (QED) is 0.898. The lowest BCUT2D eigenvalue weighted by atomic mass is 9.88. The fraction of sp³-hybridized carbons (Fsp3) is 0.867. The predicted molar refractivity (Wildman–Crippen MR) is 77.2 cm³/mol. The molecule has 0 amide bonds. The molecule has 1 fully saturated rings. The molecule has 0 radical (unpaired) electrons. The Morgan fingerprint density at radius 1 is 1.35 bits per heavy atom. The number of ether oxygens (including phenoxy) is 1. The first kappa shape index (κ1) is 15.4. The Labute approximate surface area is 121 Å². The minimum absolute atomic E-state index is 0.0646. The first-order valence-electron chi connectivity index (χ1n) is 7.57. The van der Waals surface area contributed by atoms with Gasteiger partial charge in [-0.05, 0) is 25.2 Å². The molecule has 0 bridgehead atoms. The number of nitrogens with two attached hydrogens (primary N) is 1. The Hall–Kier alpha value is -0.940. The van der Waals surface area contributed by atoms with Crippen LogP contribution < -0.4 is 5.73 Å². The van der Waals surface area contributed by atoms with Gasteiger partial charge in [-0.1, -0.05) is 38.8 Å². The van der Waals surface area contributed by atoms with Crippen molar-refractivity contribution in [2.24, 2.45) is 11.1 Å². The van der Waals surface area contributed by atoms with Gasteiger partial charge in [0, 0.05) is 18.6 Å². The molecule has 5 heteroatoms. The van der Waals surface area contributed by atoms with Gasteiger partial charge in [0.2, 0.25) is 11.7 Å². The highest BCUT2D eigenvalue weighted by molar-refractivity contribution is 5.01. The predicted octanol–water partition coefficient (Wildman–Crippen LogP) is 3.01. The third-order valence-corrected chi connectivity index (χ3v) is 3.94. The molecule has 0 saturated heterocycles. The van der Waals surface area contributed by atoms with Crippen LogP contribution in [0.1, 0.15) is 71.2 Å². The van der Waals surface area contributed by atoms with Crippen molar-refractivity contribution in [3.63, 3.8) is 0 Å². The van der Waals surface area contributed by atoms with E-state index in [0.717, 1.165) is 12.8 Å². The lowest BCUT2D eigenvalue weighted by molar-refractivity contribution is -0.0203. The second-order valence-corrected chi connectivity index (χ2v) is 6.99. The molecule has 1 aliphatic carbocycles. The van der Waals surface area contributed by atoms with Gasteiger partial charge in [0.1, 0.15) is 6.10 Å². The molecule has 2 rings (SSSR count). The van der Waals surface area contributed by atoms with E-state index in [1.165, 1.54) is 12.8 Å². The highest BCUT2D eigenvalue weighted by Crippen LogP contribution is 2.35. The fourth-order valence-corrected chi connectivity index (χ4v) is 2.88. The first-order valence-corrected chi connectivity index (χ1v) is 7.57. The van der Waals surface area contributed by atoms with Crippen LogP contribution in [0, 0.1) is 5.41 Å². The van der Waals surface area contributed by atoms with E-state index >= 15 is 0 Å². The zero-order chi connectivity index (χ0) is 14.8. The van der Waals surface area contributed by atoms with Gasteiger partial charge in [-0.15, -0.1) is 0 Å². The van der Waals surface area contributed by atoms with Crippen molar-refractivity contribution < 1.29 is 9.26 Å². The number of hydrogen-bond donors (Lipinski definition) is 1. The van der Waals surface area contributed by atoms with Crippen LogP contribution in [0.2, 0.25) is 0 Å². The zero-order valence-corrected chi connectivity index (χ0v) is 13.1. The van der Waals surface area contributed by atoms with Gasteiger partial charge in [-0.2, -0.15) is 4.98 Å². The number of rotatable bonds is 5. The van der Waals surface area contributed by atoms with Gasteiger partial charge in [0.25, 0.3) is 0 Å². The molecule has 0 aliphatic heterocycles. The molecular weight excluding hydrogens is 254 g/mol. The summed E-state index contributed by atoms with van der Waals surface area (Å²) in [7, 11) is 0. The normalized spacial score (nSPS) is 20.2. The third kappa shape index (κ3) is 3.58. The van der Waals surface area contributed by atoms with Crippen LogP contribution in [-0.2, 0) is 11.2 Å². The van der Waals surface area contributed by atoms with Gasteiger partial charge in [0.15, 0.2) is 0 Å². The summed E-state index contributed by atoms with van der Waals surface area (Å²) in [6.07, 6.45) is 4.99. The maximum absolute atomic E-state index is 6.36. The number of aromatic nitrogens is 2. The number of nitrogens with zero attached hydrogens (tertiary/aromatic N) is 2.